The minimum absolute atomic E-state index is 0.0338. The predicted octanol–water partition coefficient (Wildman–Crippen LogP) is 5.36. The first-order valence-corrected chi connectivity index (χ1v) is 11.8. The molecule has 0 fully saturated rings. The summed E-state index contributed by atoms with van der Waals surface area (Å²) in [4.78, 5) is 11.4. The van der Waals surface area contributed by atoms with Crippen molar-refractivity contribution in [3.8, 4) is 11.3 Å². The summed E-state index contributed by atoms with van der Waals surface area (Å²) in [5.41, 5.74) is 0.872. The molecule has 0 bridgehead atoms. The van der Waals surface area contributed by atoms with Gasteiger partial charge in [0.15, 0.2) is 5.22 Å². The van der Waals surface area contributed by atoms with E-state index in [-0.39, 0.29) is 10.8 Å². The van der Waals surface area contributed by atoms with Crippen LogP contribution in [0.1, 0.15) is 13.8 Å². The summed E-state index contributed by atoms with van der Waals surface area (Å²) in [5, 5.41) is 11.5. The zero-order valence-electron chi connectivity index (χ0n) is 16.0. The smallest absolute Gasteiger partial charge is 0.322 e. The molecule has 0 aliphatic rings. The third-order valence-electron chi connectivity index (χ3n) is 4.83. The number of sulfonamides is 1. The second kappa shape index (κ2) is 7.70. The van der Waals surface area contributed by atoms with Crippen LogP contribution in [0.3, 0.4) is 0 Å². The van der Waals surface area contributed by atoms with Crippen molar-refractivity contribution in [2.24, 2.45) is 5.92 Å². The highest BCUT2D eigenvalue weighted by atomic mass is 35.5. The van der Waals surface area contributed by atoms with Gasteiger partial charge >= 0.3 is 5.97 Å². The fourth-order valence-electron chi connectivity index (χ4n) is 3.25. The molecule has 0 saturated heterocycles. The Morgan fingerprint density at radius 3 is 2.33 bits per heavy atom. The Bertz CT molecular complexity index is 1370. The lowest BCUT2D eigenvalue weighted by molar-refractivity contribution is -0.140. The average Bonchev–Trinajstić information content (AvgIpc) is 3.27. The Morgan fingerprint density at radius 2 is 1.73 bits per heavy atom. The first-order valence-electron chi connectivity index (χ1n) is 9.13. The van der Waals surface area contributed by atoms with Crippen LogP contribution in [0.4, 0.5) is 0 Å². The van der Waals surface area contributed by atoms with Gasteiger partial charge in [0.05, 0.1) is 4.90 Å². The fraction of sp³-hybridized carbons (Fsp3) is 0.190. The summed E-state index contributed by atoms with van der Waals surface area (Å²) < 4.78 is 35.0. The fourth-order valence-corrected chi connectivity index (χ4v) is 6.02. The number of fused-ring (bicyclic) bond motifs is 3. The molecule has 0 aliphatic carbocycles. The molecular weight excluding hydrogens is 446 g/mol. The van der Waals surface area contributed by atoms with Crippen LogP contribution in [-0.4, -0.2) is 25.5 Å². The van der Waals surface area contributed by atoms with Crippen LogP contribution in [0.5, 0.6) is 0 Å². The maximum absolute atomic E-state index is 12.8. The topological polar surface area (TPSA) is 96.6 Å². The van der Waals surface area contributed by atoms with E-state index in [2.05, 4.69) is 4.72 Å². The van der Waals surface area contributed by atoms with Gasteiger partial charge in [0, 0.05) is 25.7 Å². The molecule has 2 aromatic heterocycles. The lowest BCUT2D eigenvalue weighted by Gasteiger charge is -2.18. The van der Waals surface area contributed by atoms with Crippen LogP contribution >= 0.6 is 22.9 Å². The highest BCUT2D eigenvalue weighted by molar-refractivity contribution is 7.89. The van der Waals surface area contributed by atoms with Gasteiger partial charge in [0.1, 0.15) is 11.8 Å². The van der Waals surface area contributed by atoms with Gasteiger partial charge in [0.2, 0.25) is 10.0 Å². The van der Waals surface area contributed by atoms with E-state index >= 15 is 0 Å². The second-order valence-corrected chi connectivity index (χ2v) is 10.4. The third kappa shape index (κ3) is 3.83. The van der Waals surface area contributed by atoms with Crippen molar-refractivity contribution in [2.45, 2.75) is 24.8 Å². The number of carboxylic acid groups (broad SMARTS) is 1. The molecule has 0 spiro atoms. The van der Waals surface area contributed by atoms with Crippen LogP contribution in [0.15, 0.2) is 57.8 Å². The molecule has 0 unspecified atom stereocenters. The zero-order valence-corrected chi connectivity index (χ0v) is 18.4. The molecule has 0 amide bonds. The van der Waals surface area contributed by atoms with Gasteiger partial charge in [0.25, 0.3) is 0 Å². The average molecular weight is 464 g/mol. The van der Waals surface area contributed by atoms with Gasteiger partial charge in [-0.2, -0.15) is 4.72 Å². The van der Waals surface area contributed by atoms with Gasteiger partial charge in [-0.3, -0.25) is 4.79 Å². The number of thiophene rings is 1. The van der Waals surface area contributed by atoms with Crippen LogP contribution in [0.2, 0.25) is 5.22 Å². The minimum Gasteiger partial charge on any atom is -0.480 e. The summed E-state index contributed by atoms with van der Waals surface area (Å²) >= 11 is 7.32. The molecule has 4 aromatic rings. The molecule has 0 saturated carbocycles. The van der Waals surface area contributed by atoms with E-state index in [1.807, 2.05) is 18.2 Å². The molecular formula is C21H18ClNO5S2. The van der Waals surface area contributed by atoms with Crippen LogP contribution in [0.25, 0.3) is 31.5 Å². The number of hydrogen-bond acceptors (Lipinski definition) is 5. The van der Waals surface area contributed by atoms with E-state index in [4.69, 9.17) is 16.0 Å². The SMILES string of the molecule is CC(C)[C@H](NS(=O)(=O)c1ccc2c(c1)sc1cc(-c3ccc(Cl)o3)ccc12)C(=O)O. The molecule has 2 aromatic carbocycles. The molecule has 0 radical (unpaired) electrons. The molecule has 6 nitrogen and oxygen atoms in total. The number of benzene rings is 2. The minimum atomic E-state index is -3.98. The Morgan fingerprint density at radius 1 is 1.07 bits per heavy atom. The molecule has 2 heterocycles. The van der Waals surface area contributed by atoms with Crippen molar-refractivity contribution in [3.05, 3.63) is 53.8 Å². The highest BCUT2D eigenvalue weighted by Crippen LogP contribution is 2.38. The van der Waals surface area contributed by atoms with Gasteiger partial charge < -0.3 is 9.52 Å². The first kappa shape index (κ1) is 20.9. The number of furan rings is 1. The van der Waals surface area contributed by atoms with Crippen molar-refractivity contribution in [2.75, 3.05) is 0 Å². The monoisotopic (exact) mass is 463 g/mol. The highest BCUT2D eigenvalue weighted by Gasteiger charge is 2.28. The molecule has 2 N–H and O–H groups in total. The normalized spacial score (nSPS) is 13.3. The van der Waals surface area contributed by atoms with E-state index in [1.54, 1.807) is 38.1 Å². The molecule has 4 rings (SSSR count). The lowest BCUT2D eigenvalue weighted by Crippen LogP contribution is -2.44. The quantitative estimate of drug-likeness (QED) is 0.401. The van der Waals surface area contributed by atoms with Gasteiger partial charge in [-0.1, -0.05) is 32.0 Å². The number of carboxylic acids is 1. The van der Waals surface area contributed by atoms with Crippen molar-refractivity contribution in [1.29, 1.82) is 0 Å². The van der Waals surface area contributed by atoms with Crippen LogP contribution < -0.4 is 4.72 Å². The molecule has 30 heavy (non-hydrogen) atoms. The van der Waals surface area contributed by atoms with Crippen LogP contribution in [0, 0.1) is 5.92 Å². The van der Waals surface area contributed by atoms with E-state index in [1.165, 1.54) is 17.4 Å². The zero-order chi connectivity index (χ0) is 21.6. The van der Waals surface area contributed by atoms with Gasteiger partial charge in [-0.15, -0.1) is 11.3 Å². The largest absolute Gasteiger partial charge is 0.480 e. The van der Waals surface area contributed by atoms with Gasteiger partial charge in [-0.25, -0.2) is 8.42 Å². The van der Waals surface area contributed by atoms with E-state index in [9.17, 15) is 18.3 Å². The Hall–Kier alpha value is -2.39. The number of nitrogens with one attached hydrogen (secondary N) is 1. The molecule has 9 heteroatoms. The second-order valence-electron chi connectivity index (χ2n) is 7.26. The number of rotatable bonds is 6. The maximum Gasteiger partial charge on any atom is 0.322 e. The Labute approximate surface area is 182 Å². The lowest BCUT2D eigenvalue weighted by atomic mass is 10.1. The number of aliphatic carboxylic acids is 1. The van der Waals surface area contributed by atoms with Gasteiger partial charge in [-0.05, 0) is 47.9 Å². The Kier molecular flexibility index (Phi) is 5.36. The number of carbonyl (C=O) groups is 1. The standard InChI is InChI=1S/C21H18ClNO5S2/c1-11(2)20(21(24)25)23-30(26,27)13-4-6-15-14-5-3-12(16-7-8-19(22)28-16)9-17(14)29-18(15)10-13/h3-11,20,23H,1-2H3,(H,24,25)/t20-/m0/s1. The summed E-state index contributed by atoms with van der Waals surface area (Å²) in [6.07, 6.45) is 0. The first-order chi connectivity index (χ1) is 14.2. The van der Waals surface area contributed by atoms with Crippen molar-refractivity contribution in [3.63, 3.8) is 0 Å². The molecule has 1 atom stereocenters. The van der Waals surface area contributed by atoms with Crippen molar-refractivity contribution in [1.82, 2.24) is 4.72 Å². The Balaban J connectivity index is 1.75. The number of hydrogen-bond donors (Lipinski definition) is 2. The third-order valence-corrected chi connectivity index (χ3v) is 7.58. The molecule has 156 valence electrons. The van der Waals surface area contributed by atoms with E-state index in [0.29, 0.717) is 11.0 Å². The van der Waals surface area contributed by atoms with Crippen molar-refractivity contribution < 1.29 is 22.7 Å². The van der Waals surface area contributed by atoms with Crippen molar-refractivity contribution >= 4 is 59.1 Å². The number of halogens is 1. The summed E-state index contributed by atoms with van der Waals surface area (Å²) in [5.74, 6) is -0.943. The molecule has 0 aliphatic heterocycles. The van der Waals surface area contributed by atoms with E-state index in [0.717, 1.165) is 25.7 Å². The predicted molar refractivity (Wildman–Crippen MR) is 119 cm³/mol. The summed E-state index contributed by atoms with van der Waals surface area (Å²) in [6, 6.07) is 13.0. The van der Waals surface area contributed by atoms with E-state index < -0.39 is 22.0 Å². The van der Waals surface area contributed by atoms with Crippen LogP contribution in [-0.2, 0) is 14.8 Å². The maximum atomic E-state index is 12.8. The summed E-state index contributed by atoms with van der Waals surface area (Å²) in [6.45, 7) is 3.31. The summed E-state index contributed by atoms with van der Waals surface area (Å²) in [7, 11) is -3.98.